The number of pyridine rings is 1. The molecule has 1 aromatic carbocycles. The quantitative estimate of drug-likeness (QED) is 0.683. The Balaban J connectivity index is 1.69. The Hall–Kier alpha value is -3.19. The van der Waals surface area contributed by atoms with Crippen LogP contribution >= 0.6 is 0 Å². The average Bonchev–Trinajstić information content (AvgIpc) is 3.19. The maximum absolute atomic E-state index is 13.3. The maximum atomic E-state index is 13.3. The van der Waals surface area contributed by atoms with Gasteiger partial charge in [-0.1, -0.05) is 30.3 Å². The summed E-state index contributed by atoms with van der Waals surface area (Å²) in [4.78, 5) is 31.0. The first-order valence-corrected chi connectivity index (χ1v) is 10.3. The molecule has 0 saturated carbocycles. The fourth-order valence-corrected chi connectivity index (χ4v) is 4.09. The van der Waals surface area contributed by atoms with E-state index in [1.54, 1.807) is 17.7 Å². The number of imidazole rings is 1. The van der Waals surface area contributed by atoms with Gasteiger partial charge in [0, 0.05) is 31.7 Å². The summed E-state index contributed by atoms with van der Waals surface area (Å²) in [6, 6.07) is 11.2. The average molecular weight is 406 g/mol. The van der Waals surface area contributed by atoms with Crippen LogP contribution < -0.4 is 16.2 Å². The third kappa shape index (κ3) is 3.93. The number of amides is 1. The Morgan fingerprint density at radius 2 is 1.90 bits per heavy atom. The van der Waals surface area contributed by atoms with Crippen molar-refractivity contribution in [1.82, 2.24) is 24.8 Å². The lowest BCUT2D eigenvalue weighted by atomic mass is 10.0. The minimum atomic E-state index is -0.454. The molecule has 1 fully saturated rings. The van der Waals surface area contributed by atoms with Gasteiger partial charge in [0.05, 0.1) is 0 Å². The Morgan fingerprint density at radius 1 is 1.17 bits per heavy atom. The molecule has 0 aliphatic carbocycles. The highest BCUT2D eigenvalue weighted by molar-refractivity contribution is 5.95. The van der Waals surface area contributed by atoms with Crippen LogP contribution in [0.5, 0.6) is 0 Å². The monoisotopic (exact) mass is 405 g/mol. The van der Waals surface area contributed by atoms with E-state index in [0.29, 0.717) is 11.4 Å². The number of benzene rings is 1. The topological polar surface area (TPSA) is 81.0 Å². The van der Waals surface area contributed by atoms with E-state index in [-0.39, 0.29) is 23.1 Å². The number of nitrogens with one attached hydrogen (secondary N) is 2. The number of aryl methyl sites for hydroxylation is 2. The first-order valence-electron chi connectivity index (χ1n) is 10.3. The van der Waals surface area contributed by atoms with Gasteiger partial charge in [-0.05, 0) is 50.0 Å². The van der Waals surface area contributed by atoms with Crippen LogP contribution in [0.3, 0.4) is 0 Å². The summed E-state index contributed by atoms with van der Waals surface area (Å²) in [5.74, 6) is 0.333. The molecule has 1 saturated heterocycles. The fraction of sp³-hybridized carbons (Fsp3) is 0.348. The second kappa shape index (κ2) is 8.67. The molecule has 2 aromatic heterocycles. The van der Waals surface area contributed by atoms with Gasteiger partial charge in [0.25, 0.3) is 11.5 Å². The van der Waals surface area contributed by atoms with Crippen molar-refractivity contribution in [3.05, 3.63) is 87.9 Å². The molecule has 1 aliphatic rings. The number of piperidine rings is 1. The molecule has 0 spiro atoms. The maximum Gasteiger partial charge on any atom is 0.263 e. The standard InChI is InChI=1S/C23H27N5O2/c1-16-10-14-28(18-8-11-24-12-9-18)23(30)19(16)22(29)26-20(17-6-4-3-5-7-17)21-25-13-15-27(21)2/h3-7,10,13-15,18,20,24H,8-9,11-12H2,1-2H3,(H,26,29). The molecule has 4 rings (SSSR count). The smallest absolute Gasteiger partial charge is 0.263 e. The normalized spacial score (nSPS) is 15.7. The second-order valence-corrected chi connectivity index (χ2v) is 7.78. The van der Waals surface area contributed by atoms with E-state index < -0.39 is 6.04 Å². The number of carbonyl (C=O) groups is 1. The Kier molecular flexibility index (Phi) is 5.81. The van der Waals surface area contributed by atoms with Gasteiger partial charge < -0.3 is 19.8 Å². The van der Waals surface area contributed by atoms with Crippen molar-refractivity contribution >= 4 is 5.91 Å². The number of hydrogen-bond donors (Lipinski definition) is 2. The highest BCUT2D eigenvalue weighted by atomic mass is 16.2. The lowest BCUT2D eigenvalue weighted by Gasteiger charge is -2.26. The second-order valence-electron chi connectivity index (χ2n) is 7.78. The van der Waals surface area contributed by atoms with Crippen molar-refractivity contribution in [3.8, 4) is 0 Å². The molecule has 7 heteroatoms. The molecule has 1 amide bonds. The third-order valence-corrected chi connectivity index (χ3v) is 5.78. The molecule has 156 valence electrons. The van der Waals surface area contributed by atoms with E-state index in [1.807, 2.05) is 60.4 Å². The van der Waals surface area contributed by atoms with Crippen LogP contribution in [0.2, 0.25) is 0 Å². The summed E-state index contributed by atoms with van der Waals surface area (Å²) >= 11 is 0. The molecular weight excluding hydrogens is 378 g/mol. The van der Waals surface area contributed by atoms with Crippen LogP contribution in [0, 0.1) is 6.92 Å². The summed E-state index contributed by atoms with van der Waals surface area (Å²) in [5, 5.41) is 6.37. The molecule has 2 N–H and O–H groups in total. The minimum Gasteiger partial charge on any atom is -0.338 e. The van der Waals surface area contributed by atoms with Crippen LogP contribution in [0.1, 0.15) is 52.2 Å². The molecular formula is C23H27N5O2. The Bertz CT molecular complexity index is 1080. The zero-order chi connectivity index (χ0) is 21.1. The van der Waals surface area contributed by atoms with Crippen LogP contribution in [-0.2, 0) is 7.05 Å². The van der Waals surface area contributed by atoms with Crippen LogP contribution in [-0.4, -0.2) is 33.1 Å². The molecule has 1 atom stereocenters. The molecule has 1 aliphatic heterocycles. The molecule has 0 bridgehead atoms. The molecule has 3 heterocycles. The van der Waals surface area contributed by atoms with E-state index in [0.717, 1.165) is 31.5 Å². The molecule has 3 aromatic rings. The molecule has 30 heavy (non-hydrogen) atoms. The zero-order valence-corrected chi connectivity index (χ0v) is 17.3. The van der Waals surface area contributed by atoms with Crippen LogP contribution in [0.4, 0.5) is 0 Å². The Morgan fingerprint density at radius 3 is 2.57 bits per heavy atom. The van der Waals surface area contributed by atoms with Gasteiger partial charge in [0.15, 0.2) is 0 Å². The highest BCUT2D eigenvalue weighted by Gasteiger charge is 2.25. The predicted octanol–water partition coefficient (Wildman–Crippen LogP) is 2.33. The van der Waals surface area contributed by atoms with Crippen molar-refractivity contribution in [2.75, 3.05) is 13.1 Å². The summed E-state index contributed by atoms with van der Waals surface area (Å²) in [6.45, 7) is 3.56. The van der Waals surface area contributed by atoms with E-state index in [2.05, 4.69) is 15.6 Å². The van der Waals surface area contributed by atoms with Crippen molar-refractivity contribution in [3.63, 3.8) is 0 Å². The number of aromatic nitrogens is 3. The van der Waals surface area contributed by atoms with E-state index in [4.69, 9.17) is 0 Å². The Labute approximate surface area is 175 Å². The van der Waals surface area contributed by atoms with Crippen molar-refractivity contribution < 1.29 is 4.79 Å². The minimum absolute atomic E-state index is 0.116. The van der Waals surface area contributed by atoms with Gasteiger partial charge in [-0.25, -0.2) is 4.98 Å². The van der Waals surface area contributed by atoms with E-state index in [9.17, 15) is 9.59 Å². The van der Waals surface area contributed by atoms with Crippen molar-refractivity contribution in [2.45, 2.75) is 31.8 Å². The highest BCUT2D eigenvalue weighted by Crippen LogP contribution is 2.22. The first kappa shape index (κ1) is 20.1. The van der Waals surface area contributed by atoms with Crippen LogP contribution in [0.15, 0.2) is 59.8 Å². The zero-order valence-electron chi connectivity index (χ0n) is 17.3. The summed E-state index contributed by atoms with van der Waals surface area (Å²) in [6.07, 6.45) is 7.12. The molecule has 1 unspecified atom stereocenters. The fourth-order valence-electron chi connectivity index (χ4n) is 4.09. The van der Waals surface area contributed by atoms with Gasteiger partial charge in [-0.2, -0.15) is 0 Å². The SMILES string of the molecule is Cc1ccn(C2CCNCC2)c(=O)c1C(=O)NC(c1ccccc1)c1nccn1C. The molecule has 0 radical (unpaired) electrons. The van der Waals surface area contributed by atoms with Crippen molar-refractivity contribution in [2.24, 2.45) is 7.05 Å². The largest absolute Gasteiger partial charge is 0.338 e. The van der Waals surface area contributed by atoms with Gasteiger partial charge in [-0.15, -0.1) is 0 Å². The summed E-state index contributed by atoms with van der Waals surface area (Å²) < 4.78 is 3.60. The summed E-state index contributed by atoms with van der Waals surface area (Å²) in [5.41, 5.74) is 1.55. The van der Waals surface area contributed by atoms with E-state index in [1.165, 1.54) is 0 Å². The predicted molar refractivity (Wildman–Crippen MR) is 116 cm³/mol. The van der Waals surface area contributed by atoms with Gasteiger partial charge in [0.2, 0.25) is 0 Å². The lowest BCUT2D eigenvalue weighted by molar-refractivity contribution is 0.0938. The van der Waals surface area contributed by atoms with Gasteiger partial charge in [0.1, 0.15) is 17.4 Å². The number of hydrogen-bond acceptors (Lipinski definition) is 4. The molecule has 7 nitrogen and oxygen atoms in total. The van der Waals surface area contributed by atoms with E-state index >= 15 is 0 Å². The van der Waals surface area contributed by atoms with Gasteiger partial charge >= 0.3 is 0 Å². The first-order chi connectivity index (χ1) is 14.6. The summed E-state index contributed by atoms with van der Waals surface area (Å²) in [7, 11) is 1.89. The van der Waals surface area contributed by atoms with Crippen molar-refractivity contribution in [1.29, 1.82) is 0 Å². The lowest BCUT2D eigenvalue weighted by Crippen LogP contribution is -2.39. The number of nitrogens with zero attached hydrogens (tertiary/aromatic N) is 3. The third-order valence-electron chi connectivity index (χ3n) is 5.78. The number of rotatable bonds is 5. The van der Waals surface area contributed by atoms with Crippen LogP contribution in [0.25, 0.3) is 0 Å². The van der Waals surface area contributed by atoms with Gasteiger partial charge in [-0.3, -0.25) is 9.59 Å². The number of carbonyl (C=O) groups excluding carboxylic acids is 1.